The van der Waals surface area contributed by atoms with Crippen molar-refractivity contribution in [3.05, 3.63) is 29.8 Å². The number of ether oxygens (including phenoxy) is 1. The Bertz CT molecular complexity index is 369. The van der Waals surface area contributed by atoms with Crippen molar-refractivity contribution in [1.82, 2.24) is 0 Å². The zero-order valence-electron chi connectivity index (χ0n) is 11.6. The lowest BCUT2D eigenvalue weighted by atomic mass is 9.94. The van der Waals surface area contributed by atoms with Crippen molar-refractivity contribution < 1.29 is 4.74 Å². The van der Waals surface area contributed by atoms with Crippen LogP contribution < -0.4 is 10.5 Å². The average Bonchev–Trinajstić information content (AvgIpc) is 2.81. The first-order chi connectivity index (χ1) is 8.65. The predicted molar refractivity (Wildman–Crippen MR) is 75.7 cm³/mol. The quantitative estimate of drug-likeness (QED) is 0.851. The fourth-order valence-corrected chi connectivity index (χ4v) is 2.83. The molecule has 2 heteroatoms. The van der Waals surface area contributed by atoms with Gasteiger partial charge in [0.2, 0.25) is 0 Å². The molecule has 1 fully saturated rings. The normalized spacial score (nSPS) is 18.2. The van der Waals surface area contributed by atoms with Gasteiger partial charge in [-0.25, -0.2) is 0 Å². The van der Waals surface area contributed by atoms with Crippen molar-refractivity contribution in [2.45, 2.75) is 58.1 Å². The van der Waals surface area contributed by atoms with Crippen LogP contribution in [0, 0.1) is 5.92 Å². The van der Waals surface area contributed by atoms with E-state index in [0.29, 0.717) is 0 Å². The standard InChI is InChI=1S/C16H25NO/c1-12(2)18-15-9-5-8-14(11-15)16(17)10-13-6-3-4-7-13/h5,8-9,11-13,16H,3-4,6-7,10,17H2,1-2H3. The maximum Gasteiger partial charge on any atom is 0.120 e. The molecule has 1 aromatic rings. The van der Waals surface area contributed by atoms with Crippen molar-refractivity contribution in [3.63, 3.8) is 0 Å². The molecule has 2 N–H and O–H groups in total. The molecule has 18 heavy (non-hydrogen) atoms. The molecule has 1 saturated carbocycles. The van der Waals surface area contributed by atoms with Gasteiger partial charge < -0.3 is 10.5 Å². The molecule has 1 aliphatic rings. The second kappa shape index (κ2) is 6.24. The summed E-state index contributed by atoms with van der Waals surface area (Å²) in [6.07, 6.45) is 6.81. The summed E-state index contributed by atoms with van der Waals surface area (Å²) in [5.74, 6) is 1.76. The van der Waals surface area contributed by atoms with Crippen molar-refractivity contribution in [3.8, 4) is 5.75 Å². The maximum atomic E-state index is 6.32. The minimum absolute atomic E-state index is 0.156. The molecule has 1 atom stereocenters. The van der Waals surface area contributed by atoms with Gasteiger partial charge in [-0.05, 0) is 43.9 Å². The molecule has 100 valence electrons. The molecule has 1 aliphatic carbocycles. The van der Waals surface area contributed by atoms with Crippen molar-refractivity contribution in [2.24, 2.45) is 11.7 Å². The summed E-state index contributed by atoms with van der Waals surface area (Å²) < 4.78 is 5.72. The van der Waals surface area contributed by atoms with E-state index in [9.17, 15) is 0 Å². The van der Waals surface area contributed by atoms with Crippen LogP contribution in [0.2, 0.25) is 0 Å². The highest BCUT2D eigenvalue weighted by Crippen LogP contribution is 2.32. The highest BCUT2D eigenvalue weighted by Gasteiger charge is 2.19. The first-order valence-electron chi connectivity index (χ1n) is 7.17. The van der Waals surface area contributed by atoms with Crippen LogP contribution in [-0.4, -0.2) is 6.10 Å². The Balaban J connectivity index is 1.98. The van der Waals surface area contributed by atoms with Gasteiger partial charge in [-0.2, -0.15) is 0 Å². The van der Waals surface area contributed by atoms with Crippen LogP contribution in [0.3, 0.4) is 0 Å². The van der Waals surface area contributed by atoms with Crippen LogP contribution in [0.1, 0.15) is 57.6 Å². The SMILES string of the molecule is CC(C)Oc1cccc(C(N)CC2CCCC2)c1. The smallest absolute Gasteiger partial charge is 0.120 e. The number of nitrogens with two attached hydrogens (primary N) is 1. The van der Waals surface area contributed by atoms with Gasteiger partial charge >= 0.3 is 0 Å². The third-order valence-electron chi connectivity index (χ3n) is 3.72. The van der Waals surface area contributed by atoms with E-state index < -0.39 is 0 Å². The zero-order chi connectivity index (χ0) is 13.0. The monoisotopic (exact) mass is 247 g/mol. The Hall–Kier alpha value is -1.02. The van der Waals surface area contributed by atoms with Crippen LogP contribution >= 0.6 is 0 Å². The van der Waals surface area contributed by atoms with Crippen molar-refractivity contribution in [1.29, 1.82) is 0 Å². The largest absolute Gasteiger partial charge is 0.491 e. The lowest BCUT2D eigenvalue weighted by molar-refractivity contribution is 0.242. The predicted octanol–water partition coefficient (Wildman–Crippen LogP) is 4.05. The van der Waals surface area contributed by atoms with E-state index in [0.717, 1.165) is 18.1 Å². The number of hydrogen-bond acceptors (Lipinski definition) is 2. The molecule has 0 bridgehead atoms. The van der Waals surface area contributed by atoms with Gasteiger partial charge in [-0.1, -0.05) is 37.8 Å². The molecule has 2 nitrogen and oxygen atoms in total. The van der Waals surface area contributed by atoms with Gasteiger partial charge in [-0.15, -0.1) is 0 Å². The minimum Gasteiger partial charge on any atom is -0.491 e. The molecule has 1 unspecified atom stereocenters. The van der Waals surface area contributed by atoms with E-state index in [-0.39, 0.29) is 12.1 Å². The third kappa shape index (κ3) is 3.74. The minimum atomic E-state index is 0.156. The second-order valence-corrected chi connectivity index (χ2v) is 5.73. The molecule has 0 spiro atoms. The molecule has 0 aromatic heterocycles. The fourth-order valence-electron chi connectivity index (χ4n) is 2.83. The fraction of sp³-hybridized carbons (Fsp3) is 0.625. The van der Waals surface area contributed by atoms with Crippen LogP contribution in [0.5, 0.6) is 5.75 Å². The van der Waals surface area contributed by atoms with E-state index >= 15 is 0 Å². The Labute approximate surface area is 111 Å². The molecule has 0 radical (unpaired) electrons. The van der Waals surface area contributed by atoms with Gasteiger partial charge in [0, 0.05) is 6.04 Å². The molecule has 1 aromatic carbocycles. The van der Waals surface area contributed by atoms with Crippen LogP contribution in [0.4, 0.5) is 0 Å². The number of hydrogen-bond donors (Lipinski definition) is 1. The first-order valence-corrected chi connectivity index (χ1v) is 7.17. The molecule has 2 rings (SSSR count). The lowest BCUT2D eigenvalue weighted by Crippen LogP contribution is -2.14. The molecular weight excluding hydrogens is 222 g/mol. The molecule has 0 amide bonds. The van der Waals surface area contributed by atoms with Gasteiger partial charge in [0.25, 0.3) is 0 Å². The van der Waals surface area contributed by atoms with E-state index in [2.05, 4.69) is 12.1 Å². The summed E-state index contributed by atoms with van der Waals surface area (Å²) in [5.41, 5.74) is 7.53. The van der Waals surface area contributed by atoms with Crippen LogP contribution in [0.25, 0.3) is 0 Å². The van der Waals surface area contributed by atoms with E-state index in [1.165, 1.54) is 31.2 Å². The van der Waals surface area contributed by atoms with Crippen molar-refractivity contribution in [2.75, 3.05) is 0 Å². The van der Waals surface area contributed by atoms with Gasteiger partial charge in [0.05, 0.1) is 6.10 Å². The van der Waals surface area contributed by atoms with Crippen LogP contribution in [-0.2, 0) is 0 Å². The molecule has 0 heterocycles. The molecular formula is C16H25NO. The average molecular weight is 247 g/mol. The van der Waals surface area contributed by atoms with E-state index in [1.807, 2.05) is 26.0 Å². The maximum absolute atomic E-state index is 6.32. The topological polar surface area (TPSA) is 35.2 Å². The summed E-state index contributed by atoms with van der Waals surface area (Å²) in [7, 11) is 0. The summed E-state index contributed by atoms with van der Waals surface area (Å²) in [6.45, 7) is 4.09. The Morgan fingerprint density at radius 2 is 2.00 bits per heavy atom. The number of rotatable bonds is 5. The molecule has 0 saturated heterocycles. The van der Waals surface area contributed by atoms with Gasteiger partial charge in [0.15, 0.2) is 0 Å². The van der Waals surface area contributed by atoms with Gasteiger partial charge in [0.1, 0.15) is 5.75 Å². The summed E-state index contributed by atoms with van der Waals surface area (Å²) >= 11 is 0. The number of benzene rings is 1. The summed E-state index contributed by atoms with van der Waals surface area (Å²) in [5, 5.41) is 0. The van der Waals surface area contributed by atoms with Crippen LogP contribution in [0.15, 0.2) is 24.3 Å². The highest BCUT2D eigenvalue weighted by atomic mass is 16.5. The Morgan fingerprint density at radius 1 is 1.28 bits per heavy atom. The highest BCUT2D eigenvalue weighted by molar-refractivity contribution is 5.30. The zero-order valence-corrected chi connectivity index (χ0v) is 11.6. The lowest BCUT2D eigenvalue weighted by Gasteiger charge is -2.18. The summed E-state index contributed by atoms with van der Waals surface area (Å²) in [6, 6.07) is 8.42. The third-order valence-corrected chi connectivity index (χ3v) is 3.72. The molecule has 0 aliphatic heterocycles. The first kappa shape index (κ1) is 13.4. The van der Waals surface area contributed by atoms with E-state index in [4.69, 9.17) is 10.5 Å². The van der Waals surface area contributed by atoms with Gasteiger partial charge in [-0.3, -0.25) is 0 Å². The Kier molecular flexibility index (Phi) is 4.65. The van der Waals surface area contributed by atoms with E-state index in [1.54, 1.807) is 0 Å². The summed E-state index contributed by atoms with van der Waals surface area (Å²) in [4.78, 5) is 0. The van der Waals surface area contributed by atoms with Crippen molar-refractivity contribution >= 4 is 0 Å². The second-order valence-electron chi connectivity index (χ2n) is 5.73. The Morgan fingerprint density at radius 3 is 2.67 bits per heavy atom.